The summed E-state index contributed by atoms with van der Waals surface area (Å²) in [5.41, 5.74) is 7.47. The van der Waals surface area contributed by atoms with Gasteiger partial charge in [0.15, 0.2) is 0 Å². The maximum absolute atomic E-state index is 12.3. The predicted molar refractivity (Wildman–Crippen MR) is 172 cm³/mol. The van der Waals surface area contributed by atoms with Gasteiger partial charge >= 0.3 is 7.82 Å². The Kier molecular flexibility index (Phi) is 9.75. The van der Waals surface area contributed by atoms with E-state index in [2.05, 4.69) is 5.73 Å². The van der Waals surface area contributed by atoms with E-state index in [0.29, 0.717) is 0 Å². The summed E-state index contributed by atoms with van der Waals surface area (Å²) in [6.07, 6.45) is -0.552. The van der Waals surface area contributed by atoms with Gasteiger partial charge in [-0.05, 0) is 46.2 Å². The summed E-state index contributed by atoms with van der Waals surface area (Å²) in [7, 11) is -4.50. The van der Waals surface area contributed by atoms with E-state index in [9.17, 15) is 14.6 Å². The molecule has 0 radical (unpaired) electrons. The number of fused-ring (bicyclic) bond motifs is 7. The molecule has 0 bridgehead atoms. The molecule has 0 unspecified atom stereocenters. The topological polar surface area (TPSA) is 127 Å². The van der Waals surface area contributed by atoms with E-state index < -0.39 is 13.9 Å². The average molecular weight is 608 g/mol. The smallest absolute Gasteiger partial charge is 0.372 e. The highest BCUT2D eigenvalue weighted by molar-refractivity contribution is 7.46. The van der Waals surface area contributed by atoms with Gasteiger partial charge in [0.2, 0.25) is 0 Å². The number of aliphatic hydroxyl groups is 2. The highest BCUT2D eigenvalue weighted by Crippen LogP contribution is 2.55. The lowest BCUT2D eigenvalue weighted by molar-refractivity contribution is -0.446. The van der Waals surface area contributed by atoms with Crippen molar-refractivity contribution < 1.29 is 34.5 Å². The molecule has 0 saturated heterocycles. The van der Waals surface area contributed by atoms with Crippen LogP contribution in [-0.2, 0) is 4.57 Å². The second kappa shape index (κ2) is 13.9. The fraction of sp³-hybridized carbons (Fsp3) is 0.111. The molecule has 0 aromatic heterocycles. The van der Waals surface area contributed by atoms with E-state index in [1.54, 1.807) is 19.1 Å². The summed E-state index contributed by atoms with van der Waals surface area (Å²) >= 11 is 0. The standard InChI is InChI=1S/C20H13O4P.C14H15NO.C2H6O/c21-25(22)23-17-11-9-13-5-1-3-7-15(13)19(17)20-16-8-4-2-6-14(16)10-12-18(20)24-25;15-13(11-7-3-1-4-8-11)14(16)12-9-5-2-6-10-12;1-2-3/h1-12H,(H,21,22);1-10,13-14,16H,15H2;3H,2H2,1H3/t;13-,14+;/m.0./s1. The Morgan fingerprint density at radius 1 is 0.659 bits per heavy atom. The van der Waals surface area contributed by atoms with Gasteiger partial charge in [0.25, 0.3) is 0 Å². The first kappa shape index (κ1) is 31.0. The lowest BCUT2D eigenvalue weighted by atomic mass is 9.92. The zero-order valence-corrected chi connectivity index (χ0v) is 25.1. The van der Waals surface area contributed by atoms with Crippen LogP contribution < -0.4 is 19.7 Å². The number of rotatable bonds is 3. The first-order chi connectivity index (χ1) is 21.3. The average Bonchev–Trinajstić information content (AvgIpc) is 3.18. The fourth-order valence-corrected chi connectivity index (χ4v) is 6.02. The van der Waals surface area contributed by atoms with Crippen LogP contribution in [0.5, 0.6) is 11.5 Å². The molecule has 0 fully saturated rings. The van der Waals surface area contributed by atoms with E-state index in [0.717, 1.165) is 43.8 Å². The molecule has 6 aromatic rings. The lowest BCUT2D eigenvalue weighted by Gasteiger charge is -2.21. The molecule has 5 N–H and O–H groups in total. The number of hydrogen-bond donors (Lipinski definition) is 3. The zero-order chi connectivity index (χ0) is 31.1. The maximum atomic E-state index is 12.3. The maximum Gasteiger partial charge on any atom is 0.372 e. The van der Waals surface area contributed by atoms with E-state index in [1.165, 1.54) is 0 Å². The molecule has 0 amide bonds. The fourth-order valence-electron chi connectivity index (χ4n) is 5.20. The van der Waals surface area contributed by atoms with Gasteiger partial charge in [-0.15, -0.1) is 0 Å². The van der Waals surface area contributed by atoms with Crippen molar-refractivity contribution in [2.45, 2.75) is 19.1 Å². The van der Waals surface area contributed by atoms with Gasteiger partial charge in [-0.3, -0.25) is 0 Å². The molecule has 224 valence electrons. The Hall–Kier alpha value is -4.49. The van der Waals surface area contributed by atoms with E-state index in [4.69, 9.17) is 14.2 Å². The number of phosphoric acid groups is 1. The van der Waals surface area contributed by atoms with Crippen LogP contribution in [0.15, 0.2) is 133 Å². The van der Waals surface area contributed by atoms with Gasteiger partial charge in [-0.25, -0.2) is 4.57 Å². The molecule has 0 spiro atoms. The van der Waals surface area contributed by atoms with Crippen LogP contribution in [0.4, 0.5) is 0 Å². The third-order valence-electron chi connectivity index (χ3n) is 7.20. The van der Waals surface area contributed by atoms with Crippen LogP contribution in [0.3, 0.4) is 0 Å². The molecule has 1 aliphatic rings. The number of quaternary nitrogens is 1. The van der Waals surface area contributed by atoms with Gasteiger partial charge in [0.1, 0.15) is 23.6 Å². The van der Waals surface area contributed by atoms with Crippen LogP contribution in [0.1, 0.15) is 30.2 Å². The predicted octanol–water partition coefficient (Wildman–Crippen LogP) is 6.60. The lowest BCUT2D eigenvalue weighted by Crippen LogP contribution is -2.56. The minimum atomic E-state index is -4.50. The van der Waals surface area contributed by atoms with Crippen LogP contribution in [0.25, 0.3) is 32.7 Å². The minimum Gasteiger partial charge on any atom is -0.736 e. The Balaban J connectivity index is 0.000000175. The van der Waals surface area contributed by atoms with E-state index in [1.807, 2.05) is 121 Å². The molecule has 8 heteroatoms. The van der Waals surface area contributed by atoms with Gasteiger partial charge < -0.3 is 29.9 Å². The second-order valence-corrected chi connectivity index (χ2v) is 11.4. The largest absolute Gasteiger partial charge is 0.736 e. The molecule has 7 nitrogen and oxygen atoms in total. The second-order valence-electron chi connectivity index (χ2n) is 10.1. The summed E-state index contributed by atoms with van der Waals surface area (Å²) in [6.45, 7) is 1.93. The monoisotopic (exact) mass is 607 g/mol. The van der Waals surface area contributed by atoms with Crippen molar-refractivity contribution in [1.82, 2.24) is 0 Å². The van der Waals surface area contributed by atoms with Crippen molar-refractivity contribution in [1.29, 1.82) is 0 Å². The summed E-state index contributed by atoms with van der Waals surface area (Å²) in [5, 5.41) is 21.6. The van der Waals surface area contributed by atoms with Gasteiger partial charge in [0.05, 0.1) is 0 Å². The third kappa shape index (κ3) is 6.84. The van der Waals surface area contributed by atoms with E-state index in [-0.39, 0.29) is 24.1 Å². The molecule has 2 atom stereocenters. The molecule has 44 heavy (non-hydrogen) atoms. The Labute approximate surface area is 256 Å². The van der Waals surface area contributed by atoms with Crippen LogP contribution in [0.2, 0.25) is 0 Å². The van der Waals surface area contributed by atoms with Gasteiger partial charge in [-0.2, -0.15) is 0 Å². The number of phosphoric ester groups is 1. The van der Waals surface area contributed by atoms with Crippen molar-refractivity contribution in [2.24, 2.45) is 0 Å². The van der Waals surface area contributed by atoms with Crippen molar-refractivity contribution in [3.05, 3.63) is 145 Å². The molecule has 1 heterocycles. The van der Waals surface area contributed by atoms with E-state index >= 15 is 0 Å². The Morgan fingerprint density at radius 3 is 1.50 bits per heavy atom. The first-order valence-corrected chi connectivity index (χ1v) is 15.7. The number of hydrogen-bond acceptors (Lipinski definition) is 6. The van der Waals surface area contributed by atoms with Gasteiger partial charge in [0, 0.05) is 23.3 Å². The normalized spacial score (nSPS) is 14.1. The van der Waals surface area contributed by atoms with Crippen molar-refractivity contribution in [2.75, 3.05) is 6.61 Å². The molecule has 7 rings (SSSR count). The Bertz CT molecular complexity index is 1760. The SMILES string of the molecule is CCO.O=P1([O-])Oc2ccc3ccccc3c2-c2c(ccc3ccccc23)O1.[NH3+][C@@H](c1ccccc1)[C@H](O)c1ccccc1. The first-order valence-electron chi connectivity index (χ1n) is 14.3. The van der Waals surface area contributed by atoms with Crippen molar-refractivity contribution in [3.63, 3.8) is 0 Å². The summed E-state index contributed by atoms with van der Waals surface area (Å²) in [5.74, 6) is 0.569. The van der Waals surface area contributed by atoms with Crippen LogP contribution in [0, 0.1) is 0 Å². The van der Waals surface area contributed by atoms with Gasteiger partial charge in [-0.1, -0.05) is 121 Å². The molecule has 6 aromatic carbocycles. The quantitative estimate of drug-likeness (QED) is 0.195. The Morgan fingerprint density at radius 2 is 1.05 bits per heavy atom. The van der Waals surface area contributed by atoms with Crippen molar-refractivity contribution in [3.8, 4) is 22.6 Å². The summed E-state index contributed by atoms with van der Waals surface area (Å²) < 4.78 is 22.8. The van der Waals surface area contributed by atoms with Crippen molar-refractivity contribution >= 4 is 29.4 Å². The molecule has 1 aliphatic heterocycles. The molecular formula is C36H34NO6P. The summed E-state index contributed by atoms with van der Waals surface area (Å²) in [4.78, 5) is 12.3. The summed E-state index contributed by atoms with van der Waals surface area (Å²) in [6, 6.07) is 42.1. The number of aliphatic hydroxyl groups excluding tert-OH is 2. The highest BCUT2D eigenvalue weighted by Gasteiger charge is 2.27. The highest BCUT2D eigenvalue weighted by atomic mass is 31.2. The third-order valence-corrected chi connectivity index (χ3v) is 8.04. The minimum absolute atomic E-state index is 0.136. The molecule has 0 saturated carbocycles. The molecule has 0 aliphatic carbocycles. The van der Waals surface area contributed by atoms with Crippen LogP contribution in [-0.4, -0.2) is 16.8 Å². The zero-order valence-electron chi connectivity index (χ0n) is 24.2. The number of benzene rings is 6. The molecular weight excluding hydrogens is 573 g/mol. The van der Waals surface area contributed by atoms with Crippen LogP contribution >= 0.6 is 7.82 Å².